The maximum atomic E-state index is 12.3. The maximum Gasteiger partial charge on any atom is 0.319 e. The van der Waals surface area contributed by atoms with Crippen LogP contribution in [0.3, 0.4) is 0 Å². The number of hydrogen-bond donors (Lipinski definition) is 1. The molecule has 0 aliphatic carbocycles. The number of fused-ring (bicyclic) bond motifs is 1. The summed E-state index contributed by atoms with van der Waals surface area (Å²) in [5, 5.41) is 1.02. The molecule has 2 aromatic carbocycles. The van der Waals surface area contributed by atoms with Crippen molar-refractivity contribution in [3.05, 3.63) is 59.1 Å². The number of aromatic amines is 1. The Morgan fingerprint density at radius 3 is 2.71 bits per heavy atom. The van der Waals surface area contributed by atoms with Gasteiger partial charge < -0.3 is 9.72 Å². The fraction of sp³-hybridized carbons (Fsp3) is 0.222. The lowest BCUT2D eigenvalue weighted by Gasteiger charge is -2.14. The molecule has 3 rings (SSSR count). The number of nitrogens with one attached hydrogen (secondary N) is 1. The summed E-state index contributed by atoms with van der Waals surface area (Å²) >= 11 is 7.31. The number of H-pyrrole nitrogens is 1. The third kappa shape index (κ3) is 4.10. The van der Waals surface area contributed by atoms with Gasteiger partial charge in [-0.3, -0.25) is 4.79 Å². The molecule has 0 amide bonds. The highest BCUT2D eigenvalue weighted by Crippen LogP contribution is 2.27. The summed E-state index contributed by atoms with van der Waals surface area (Å²) in [5.41, 5.74) is 2.87. The van der Waals surface area contributed by atoms with Crippen molar-refractivity contribution in [1.29, 1.82) is 0 Å². The summed E-state index contributed by atoms with van der Waals surface area (Å²) in [5.74, 6) is -0.238. The Labute approximate surface area is 149 Å². The lowest BCUT2D eigenvalue weighted by molar-refractivity contribution is -0.142. The summed E-state index contributed by atoms with van der Waals surface area (Å²) in [6.07, 6.45) is 0.553. The van der Waals surface area contributed by atoms with Crippen molar-refractivity contribution < 1.29 is 9.53 Å². The number of rotatable bonds is 6. The van der Waals surface area contributed by atoms with Crippen LogP contribution in [-0.2, 0) is 16.0 Å². The van der Waals surface area contributed by atoms with Crippen LogP contribution in [0.1, 0.15) is 12.5 Å². The first-order valence-corrected chi connectivity index (χ1v) is 8.94. The zero-order valence-electron chi connectivity index (χ0n) is 13.2. The van der Waals surface area contributed by atoms with Crippen LogP contribution < -0.4 is 0 Å². The van der Waals surface area contributed by atoms with E-state index in [1.807, 2.05) is 55.5 Å². The molecule has 1 unspecified atom stereocenters. The molecular formula is C18H17ClN2O2S. The van der Waals surface area contributed by atoms with Crippen LogP contribution in [0.5, 0.6) is 0 Å². The zero-order chi connectivity index (χ0) is 16.9. The molecule has 3 aromatic rings. The molecule has 0 saturated heterocycles. The molecule has 0 bridgehead atoms. The summed E-state index contributed by atoms with van der Waals surface area (Å²) in [6.45, 7) is 2.17. The van der Waals surface area contributed by atoms with E-state index in [1.165, 1.54) is 11.8 Å². The van der Waals surface area contributed by atoms with Gasteiger partial charge in [-0.15, -0.1) is 0 Å². The van der Waals surface area contributed by atoms with Gasteiger partial charge in [0.25, 0.3) is 0 Å². The molecule has 124 valence electrons. The highest BCUT2D eigenvalue weighted by molar-refractivity contribution is 8.00. The Kier molecular flexibility index (Phi) is 5.43. The fourth-order valence-electron chi connectivity index (χ4n) is 2.36. The summed E-state index contributed by atoms with van der Waals surface area (Å²) < 4.78 is 5.22. The number of imidazole rings is 1. The van der Waals surface area contributed by atoms with E-state index in [0.29, 0.717) is 23.2 Å². The average Bonchev–Trinajstić information content (AvgIpc) is 2.99. The van der Waals surface area contributed by atoms with E-state index >= 15 is 0 Å². The number of ether oxygens (including phenoxy) is 1. The molecule has 0 spiro atoms. The largest absolute Gasteiger partial charge is 0.465 e. The first-order valence-electron chi connectivity index (χ1n) is 7.68. The molecule has 0 radical (unpaired) electrons. The van der Waals surface area contributed by atoms with Crippen LogP contribution in [0.4, 0.5) is 0 Å². The molecule has 1 N–H and O–H groups in total. The second-order valence-corrected chi connectivity index (χ2v) is 6.88. The van der Waals surface area contributed by atoms with Crippen LogP contribution in [0.2, 0.25) is 5.02 Å². The number of nitrogens with zero attached hydrogens (tertiary/aromatic N) is 1. The predicted molar refractivity (Wildman–Crippen MR) is 97.5 cm³/mol. The Morgan fingerprint density at radius 1 is 1.25 bits per heavy atom. The average molecular weight is 361 g/mol. The molecule has 1 aromatic heterocycles. The van der Waals surface area contributed by atoms with E-state index in [2.05, 4.69) is 9.97 Å². The molecule has 1 atom stereocenters. The number of thioether (sulfide) groups is 1. The van der Waals surface area contributed by atoms with Crippen molar-refractivity contribution in [2.45, 2.75) is 23.8 Å². The Morgan fingerprint density at radius 2 is 2.00 bits per heavy atom. The van der Waals surface area contributed by atoms with Gasteiger partial charge in [-0.25, -0.2) is 4.98 Å². The van der Waals surface area contributed by atoms with Crippen LogP contribution in [0.15, 0.2) is 53.7 Å². The maximum absolute atomic E-state index is 12.3. The number of para-hydroxylation sites is 2. The van der Waals surface area contributed by atoms with Crippen LogP contribution in [0.25, 0.3) is 11.0 Å². The summed E-state index contributed by atoms with van der Waals surface area (Å²) in [4.78, 5) is 20.1. The summed E-state index contributed by atoms with van der Waals surface area (Å²) in [7, 11) is 0. The Hall–Kier alpha value is -1.98. The van der Waals surface area contributed by atoms with Crippen molar-refractivity contribution >= 4 is 40.4 Å². The Bertz CT molecular complexity index is 799. The monoisotopic (exact) mass is 360 g/mol. The van der Waals surface area contributed by atoms with Gasteiger partial charge in [0.15, 0.2) is 5.16 Å². The third-order valence-electron chi connectivity index (χ3n) is 3.51. The Balaban J connectivity index is 1.81. The summed E-state index contributed by atoms with van der Waals surface area (Å²) in [6, 6.07) is 15.3. The quantitative estimate of drug-likeness (QED) is 0.520. The van der Waals surface area contributed by atoms with E-state index in [9.17, 15) is 4.79 Å². The fourth-order valence-corrected chi connectivity index (χ4v) is 3.52. The van der Waals surface area contributed by atoms with E-state index in [1.54, 1.807) is 0 Å². The van der Waals surface area contributed by atoms with Crippen molar-refractivity contribution in [2.75, 3.05) is 6.61 Å². The van der Waals surface area contributed by atoms with Gasteiger partial charge in [0.1, 0.15) is 5.25 Å². The molecule has 1 heterocycles. The molecule has 24 heavy (non-hydrogen) atoms. The minimum atomic E-state index is -0.369. The highest BCUT2D eigenvalue weighted by Gasteiger charge is 2.23. The number of esters is 1. The molecule has 0 aliphatic rings. The highest BCUT2D eigenvalue weighted by atomic mass is 35.5. The van der Waals surface area contributed by atoms with Crippen molar-refractivity contribution in [3.8, 4) is 0 Å². The van der Waals surface area contributed by atoms with E-state index in [0.717, 1.165) is 16.6 Å². The minimum absolute atomic E-state index is 0.238. The van der Waals surface area contributed by atoms with Crippen LogP contribution in [-0.4, -0.2) is 27.8 Å². The van der Waals surface area contributed by atoms with E-state index in [-0.39, 0.29) is 11.2 Å². The van der Waals surface area contributed by atoms with Gasteiger partial charge in [0.2, 0.25) is 0 Å². The van der Waals surface area contributed by atoms with Crippen molar-refractivity contribution in [3.63, 3.8) is 0 Å². The predicted octanol–water partition coefficient (Wildman–Crippen LogP) is 4.48. The second-order valence-electron chi connectivity index (χ2n) is 5.25. The number of aromatic nitrogens is 2. The SMILES string of the molecule is CCOC(=O)C(Cc1ccc(Cl)cc1)Sc1nc2ccccc2[nH]1. The lowest BCUT2D eigenvalue weighted by Crippen LogP contribution is -2.23. The van der Waals surface area contributed by atoms with Crippen molar-refractivity contribution in [1.82, 2.24) is 9.97 Å². The normalized spacial score (nSPS) is 12.2. The van der Waals surface area contributed by atoms with Gasteiger partial charge in [0.05, 0.1) is 17.6 Å². The van der Waals surface area contributed by atoms with E-state index in [4.69, 9.17) is 16.3 Å². The molecule has 0 aliphatic heterocycles. The number of carbonyl (C=O) groups excluding carboxylic acids is 1. The van der Waals surface area contributed by atoms with Gasteiger partial charge in [-0.2, -0.15) is 0 Å². The van der Waals surface area contributed by atoms with Crippen molar-refractivity contribution in [2.24, 2.45) is 0 Å². The standard InChI is InChI=1S/C18H17ClN2O2S/c1-2-23-17(22)16(11-12-7-9-13(19)10-8-12)24-18-20-14-5-3-4-6-15(14)21-18/h3-10,16H,2,11H2,1H3,(H,20,21). The lowest BCUT2D eigenvalue weighted by atomic mass is 10.1. The third-order valence-corrected chi connectivity index (χ3v) is 4.82. The number of benzene rings is 2. The molecule has 6 heteroatoms. The second kappa shape index (κ2) is 7.73. The zero-order valence-corrected chi connectivity index (χ0v) is 14.7. The van der Waals surface area contributed by atoms with Gasteiger partial charge in [0, 0.05) is 5.02 Å². The topological polar surface area (TPSA) is 55.0 Å². The number of halogens is 1. The first-order chi connectivity index (χ1) is 11.7. The minimum Gasteiger partial charge on any atom is -0.465 e. The van der Waals surface area contributed by atoms with Crippen LogP contribution in [0, 0.1) is 0 Å². The van der Waals surface area contributed by atoms with Gasteiger partial charge in [-0.1, -0.05) is 47.6 Å². The first kappa shape index (κ1) is 16.9. The van der Waals surface area contributed by atoms with E-state index < -0.39 is 0 Å². The smallest absolute Gasteiger partial charge is 0.319 e. The molecule has 0 saturated carbocycles. The molecular weight excluding hydrogens is 344 g/mol. The van der Waals surface area contributed by atoms with Gasteiger partial charge in [-0.05, 0) is 43.2 Å². The van der Waals surface area contributed by atoms with Crippen LogP contribution >= 0.6 is 23.4 Å². The van der Waals surface area contributed by atoms with Gasteiger partial charge >= 0.3 is 5.97 Å². The molecule has 0 fully saturated rings. The molecule has 4 nitrogen and oxygen atoms in total. The number of carbonyl (C=O) groups is 1. The number of hydrogen-bond acceptors (Lipinski definition) is 4.